The van der Waals surface area contributed by atoms with Crippen LogP contribution in [0.5, 0.6) is 0 Å². The summed E-state index contributed by atoms with van der Waals surface area (Å²) in [6.07, 6.45) is 2.99. The summed E-state index contributed by atoms with van der Waals surface area (Å²) in [5.41, 5.74) is 10.9. The molecular weight excluding hydrogens is 138 g/mol. The highest BCUT2D eigenvalue weighted by Gasteiger charge is 2.37. The average Bonchev–Trinajstić information content (AvgIpc) is 1.83. The Morgan fingerprint density at radius 2 is 2.09 bits per heavy atom. The highest BCUT2D eigenvalue weighted by Crippen LogP contribution is 2.24. The predicted molar refractivity (Wildman–Crippen MR) is 47.0 cm³/mol. The fraction of sp³-hybridized carbons (Fsp3) is 1.00. The number of nitrogens with one attached hydrogen (secondary N) is 1. The quantitative estimate of drug-likeness (QED) is 0.511. The van der Waals surface area contributed by atoms with E-state index in [1.54, 1.807) is 0 Å². The first-order valence-corrected chi connectivity index (χ1v) is 4.37. The molecule has 0 bridgehead atoms. The van der Waals surface area contributed by atoms with E-state index in [2.05, 4.69) is 19.2 Å². The largest absolute Gasteiger partial charge is 0.313 e. The van der Waals surface area contributed by atoms with Gasteiger partial charge in [0.15, 0.2) is 0 Å². The average molecular weight is 157 g/mol. The van der Waals surface area contributed by atoms with Gasteiger partial charge in [0.25, 0.3) is 0 Å². The highest BCUT2D eigenvalue weighted by atomic mass is 15.1. The second-order valence-corrected chi connectivity index (χ2v) is 3.81. The van der Waals surface area contributed by atoms with Crippen molar-refractivity contribution in [2.45, 2.75) is 50.9 Å². The van der Waals surface area contributed by atoms with Crippen molar-refractivity contribution in [1.29, 1.82) is 0 Å². The summed E-state index contributed by atoms with van der Waals surface area (Å²) in [7, 11) is 0. The Bertz CT molecular complexity index is 125. The van der Waals surface area contributed by atoms with E-state index in [0.29, 0.717) is 12.1 Å². The van der Waals surface area contributed by atoms with Gasteiger partial charge < -0.3 is 16.8 Å². The third-order valence-electron chi connectivity index (χ3n) is 2.39. The maximum Gasteiger partial charge on any atom is 0.0666 e. The summed E-state index contributed by atoms with van der Waals surface area (Å²) in [6.45, 7) is 4.36. The van der Waals surface area contributed by atoms with Crippen LogP contribution in [-0.4, -0.2) is 17.7 Å². The lowest BCUT2D eigenvalue weighted by Gasteiger charge is -2.43. The van der Waals surface area contributed by atoms with E-state index in [1.165, 1.54) is 6.42 Å². The Morgan fingerprint density at radius 3 is 2.45 bits per heavy atom. The van der Waals surface area contributed by atoms with Crippen LogP contribution in [0, 0.1) is 0 Å². The van der Waals surface area contributed by atoms with Crippen LogP contribution in [0.2, 0.25) is 0 Å². The molecule has 1 fully saturated rings. The molecule has 0 aromatic heterocycles. The molecule has 3 heteroatoms. The maximum atomic E-state index is 5.67. The Morgan fingerprint density at radius 1 is 1.55 bits per heavy atom. The molecule has 1 saturated carbocycles. The summed E-state index contributed by atoms with van der Waals surface area (Å²) < 4.78 is 0. The van der Waals surface area contributed by atoms with Crippen LogP contribution in [0.15, 0.2) is 0 Å². The number of nitrogens with two attached hydrogens (primary N) is 2. The first-order chi connectivity index (χ1) is 5.03. The van der Waals surface area contributed by atoms with Gasteiger partial charge in [-0.2, -0.15) is 0 Å². The lowest BCUT2D eigenvalue weighted by molar-refractivity contribution is 0.171. The van der Waals surface area contributed by atoms with Gasteiger partial charge in [0.2, 0.25) is 0 Å². The van der Waals surface area contributed by atoms with Crippen molar-refractivity contribution in [1.82, 2.24) is 5.32 Å². The Balaban J connectivity index is 2.13. The zero-order valence-corrected chi connectivity index (χ0v) is 7.43. The minimum atomic E-state index is -0.384. The predicted octanol–water partition coefficient (Wildman–Crippen LogP) is 0.151. The molecule has 66 valence electrons. The molecule has 0 aromatic rings. The molecule has 0 spiro atoms. The van der Waals surface area contributed by atoms with E-state index >= 15 is 0 Å². The van der Waals surface area contributed by atoms with Crippen molar-refractivity contribution < 1.29 is 0 Å². The monoisotopic (exact) mass is 157 g/mol. The van der Waals surface area contributed by atoms with E-state index < -0.39 is 0 Å². The first-order valence-electron chi connectivity index (χ1n) is 4.37. The van der Waals surface area contributed by atoms with Gasteiger partial charge >= 0.3 is 0 Å². The van der Waals surface area contributed by atoms with Gasteiger partial charge in [0, 0.05) is 12.1 Å². The summed E-state index contributed by atoms with van der Waals surface area (Å²) in [6, 6.07) is 1.15. The summed E-state index contributed by atoms with van der Waals surface area (Å²) in [5.74, 6) is 0. The molecule has 11 heavy (non-hydrogen) atoms. The maximum absolute atomic E-state index is 5.67. The van der Waals surface area contributed by atoms with Gasteiger partial charge in [-0.15, -0.1) is 0 Å². The van der Waals surface area contributed by atoms with E-state index in [0.717, 1.165) is 12.8 Å². The van der Waals surface area contributed by atoms with E-state index in [9.17, 15) is 0 Å². The molecule has 0 saturated heterocycles. The lowest BCUT2D eigenvalue weighted by Crippen LogP contribution is -2.65. The van der Waals surface area contributed by atoms with Crippen LogP contribution in [0.25, 0.3) is 0 Å². The Labute approximate surface area is 68.5 Å². The summed E-state index contributed by atoms with van der Waals surface area (Å²) >= 11 is 0. The van der Waals surface area contributed by atoms with E-state index in [4.69, 9.17) is 11.5 Å². The normalized spacial score (nSPS) is 26.2. The topological polar surface area (TPSA) is 64.1 Å². The van der Waals surface area contributed by atoms with Gasteiger partial charge in [-0.1, -0.05) is 6.92 Å². The molecule has 1 rings (SSSR count). The summed E-state index contributed by atoms with van der Waals surface area (Å²) in [5, 5.41) is 3.46. The minimum Gasteiger partial charge on any atom is -0.313 e. The van der Waals surface area contributed by atoms with Crippen LogP contribution in [0.1, 0.15) is 33.1 Å². The standard InChI is InChI=1S/C8H19N3/c1-3-6(2)11-7-4-8(9,10)5-7/h6-7,11H,3-5,9-10H2,1-2H3. The molecule has 5 N–H and O–H groups in total. The second kappa shape index (κ2) is 3.09. The Kier molecular flexibility index (Phi) is 2.52. The first kappa shape index (κ1) is 8.97. The molecule has 0 radical (unpaired) electrons. The van der Waals surface area contributed by atoms with Crippen LogP contribution in [-0.2, 0) is 0 Å². The third-order valence-corrected chi connectivity index (χ3v) is 2.39. The third kappa shape index (κ3) is 2.43. The van der Waals surface area contributed by atoms with E-state index in [1.807, 2.05) is 0 Å². The SMILES string of the molecule is CCC(C)NC1CC(N)(N)C1. The molecule has 1 unspecified atom stereocenters. The lowest BCUT2D eigenvalue weighted by atomic mass is 9.81. The summed E-state index contributed by atoms with van der Waals surface area (Å²) in [4.78, 5) is 0. The highest BCUT2D eigenvalue weighted by molar-refractivity contribution is 4.98. The van der Waals surface area contributed by atoms with Gasteiger partial charge in [-0.05, 0) is 26.2 Å². The van der Waals surface area contributed by atoms with Crippen LogP contribution < -0.4 is 16.8 Å². The van der Waals surface area contributed by atoms with Crippen molar-refractivity contribution in [3.8, 4) is 0 Å². The van der Waals surface area contributed by atoms with Crippen molar-refractivity contribution >= 4 is 0 Å². The fourth-order valence-electron chi connectivity index (χ4n) is 1.50. The van der Waals surface area contributed by atoms with Crippen molar-refractivity contribution in [3.05, 3.63) is 0 Å². The molecular formula is C8H19N3. The van der Waals surface area contributed by atoms with Gasteiger partial charge in [-0.25, -0.2) is 0 Å². The fourth-order valence-corrected chi connectivity index (χ4v) is 1.50. The zero-order chi connectivity index (χ0) is 8.48. The molecule has 0 heterocycles. The molecule has 1 aliphatic rings. The Hall–Kier alpha value is -0.120. The van der Waals surface area contributed by atoms with Gasteiger partial charge in [0.1, 0.15) is 0 Å². The van der Waals surface area contributed by atoms with E-state index in [-0.39, 0.29) is 5.66 Å². The smallest absolute Gasteiger partial charge is 0.0666 e. The zero-order valence-electron chi connectivity index (χ0n) is 7.43. The van der Waals surface area contributed by atoms with Gasteiger partial charge in [-0.3, -0.25) is 0 Å². The molecule has 1 aliphatic carbocycles. The van der Waals surface area contributed by atoms with Crippen molar-refractivity contribution in [3.63, 3.8) is 0 Å². The van der Waals surface area contributed by atoms with Crippen molar-refractivity contribution in [2.24, 2.45) is 11.5 Å². The molecule has 0 aromatic carbocycles. The number of hydrogen-bond donors (Lipinski definition) is 3. The van der Waals surface area contributed by atoms with Gasteiger partial charge in [0.05, 0.1) is 5.66 Å². The number of hydrogen-bond acceptors (Lipinski definition) is 3. The molecule has 0 amide bonds. The molecule has 1 atom stereocenters. The van der Waals surface area contributed by atoms with Crippen molar-refractivity contribution in [2.75, 3.05) is 0 Å². The van der Waals surface area contributed by atoms with Crippen LogP contribution in [0.4, 0.5) is 0 Å². The molecule has 0 aliphatic heterocycles. The second-order valence-electron chi connectivity index (χ2n) is 3.81. The van der Waals surface area contributed by atoms with Crippen LogP contribution in [0.3, 0.4) is 0 Å². The minimum absolute atomic E-state index is 0.384. The van der Waals surface area contributed by atoms with Crippen LogP contribution >= 0.6 is 0 Å². The number of rotatable bonds is 3. The molecule has 3 nitrogen and oxygen atoms in total.